The van der Waals surface area contributed by atoms with Crippen LogP contribution < -0.4 is 5.32 Å². The van der Waals surface area contributed by atoms with E-state index in [1.807, 2.05) is 0 Å². The van der Waals surface area contributed by atoms with Crippen molar-refractivity contribution in [3.8, 4) is 5.75 Å². The highest BCUT2D eigenvalue weighted by Gasteiger charge is 2.11. The van der Waals surface area contributed by atoms with Gasteiger partial charge in [0.05, 0.1) is 25.0 Å². The van der Waals surface area contributed by atoms with Crippen LogP contribution in [-0.4, -0.2) is 44.7 Å². The number of hydrogen-bond acceptors (Lipinski definition) is 6. The number of hydrogen-bond donors (Lipinski definition) is 5. The molecule has 6 nitrogen and oxygen atoms in total. The number of aromatic hydroxyl groups is 1. The minimum Gasteiger partial charge on any atom is -0.506 e. The van der Waals surface area contributed by atoms with Crippen molar-refractivity contribution in [3.05, 3.63) is 23.0 Å². The monoisotopic (exact) mass is 242 g/mol. The molecule has 0 radical (unpaired) electrons. The lowest BCUT2D eigenvalue weighted by atomic mass is 10.1. The first-order valence-corrected chi connectivity index (χ1v) is 5.37. The van der Waals surface area contributed by atoms with Crippen LogP contribution in [0.3, 0.4) is 0 Å². The number of nitrogens with zero attached hydrogens (tertiary/aromatic N) is 1. The number of aromatic nitrogens is 1. The van der Waals surface area contributed by atoms with Crippen LogP contribution >= 0.6 is 0 Å². The summed E-state index contributed by atoms with van der Waals surface area (Å²) in [5.74, 6) is 0.0440. The van der Waals surface area contributed by atoms with Gasteiger partial charge in [-0.3, -0.25) is 4.98 Å². The summed E-state index contributed by atoms with van der Waals surface area (Å²) < 4.78 is 0. The normalized spacial score (nSPS) is 12.7. The third kappa shape index (κ3) is 3.64. The minimum absolute atomic E-state index is 0.0440. The third-order valence-corrected chi connectivity index (χ3v) is 2.49. The largest absolute Gasteiger partial charge is 0.506 e. The Morgan fingerprint density at radius 3 is 2.71 bits per heavy atom. The molecule has 5 N–H and O–H groups in total. The van der Waals surface area contributed by atoms with Gasteiger partial charge in [-0.2, -0.15) is 0 Å². The molecular weight excluding hydrogens is 224 g/mol. The lowest BCUT2D eigenvalue weighted by molar-refractivity contribution is 0.0941. The predicted octanol–water partition coefficient (Wildman–Crippen LogP) is -0.969. The van der Waals surface area contributed by atoms with E-state index in [9.17, 15) is 5.11 Å². The van der Waals surface area contributed by atoms with Gasteiger partial charge >= 0.3 is 0 Å². The first-order chi connectivity index (χ1) is 8.10. The van der Waals surface area contributed by atoms with Crippen LogP contribution in [0.4, 0.5) is 0 Å². The summed E-state index contributed by atoms with van der Waals surface area (Å²) in [7, 11) is 0. The molecule has 1 unspecified atom stereocenters. The van der Waals surface area contributed by atoms with E-state index in [4.69, 9.17) is 15.3 Å². The first kappa shape index (κ1) is 13.9. The van der Waals surface area contributed by atoms with Crippen molar-refractivity contribution in [3.63, 3.8) is 0 Å². The third-order valence-electron chi connectivity index (χ3n) is 2.49. The van der Waals surface area contributed by atoms with Gasteiger partial charge in [-0.15, -0.1) is 0 Å². The van der Waals surface area contributed by atoms with Crippen LogP contribution in [0, 0.1) is 6.92 Å². The molecule has 0 aliphatic carbocycles. The fourth-order valence-corrected chi connectivity index (χ4v) is 1.45. The van der Waals surface area contributed by atoms with Gasteiger partial charge in [0, 0.05) is 30.4 Å². The fourth-order valence-electron chi connectivity index (χ4n) is 1.45. The summed E-state index contributed by atoms with van der Waals surface area (Å²) >= 11 is 0. The molecule has 0 saturated carbocycles. The molecule has 96 valence electrons. The molecule has 0 spiro atoms. The molecule has 17 heavy (non-hydrogen) atoms. The summed E-state index contributed by atoms with van der Waals surface area (Å²) in [5, 5.41) is 39.6. The highest BCUT2D eigenvalue weighted by atomic mass is 16.3. The summed E-state index contributed by atoms with van der Waals surface area (Å²) in [6.45, 7) is 1.65. The smallest absolute Gasteiger partial charge is 0.141 e. The van der Waals surface area contributed by atoms with Crippen LogP contribution in [0.5, 0.6) is 5.75 Å². The average molecular weight is 242 g/mol. The zero-order valence-corrected chi connectivity index (χ0v) is 9.72. The predicted molar refractivity (Wildman–Crippen MR) is 61.4 cm³/mol. The summed E-state index contributed by atoms with van der Waals surface area (Å²) in [5.41, 5.74) is 1.59. The molecule has 0 amide bonds. The minimum atomic E-state index is -0.836. The summed E-state index contributed by atoms with van der Waals surface area (Å²) in [6.07, 6.45) is 0.673. The Hall–Kier alpha value is -1.21. The Balaban J connectivity index is 2.72. The zero-order chi connectivity index (χ0) is 12.8. The average Bonchev–Trinajstić information content (AvgIpc) is 2.34. The van der Waals surface area contributed by atoms with Crippen LogP contribution in [-0.2, 0) is 13.2 Å². The van der Waals surface area contributed by atoms with Gasteiger partial charge in [-0.05, 0) is 6.92 Å². The van der Waals surface area contributed by atoms with E-state index in [1.165, 1.54) is 6.20 Å². The number of aliphatic hydroxyl groups is 3. The van der Waals surface area contributed by atoms with E-state index >= 15 is 0 Å². The zero-order valence-electron chi connectivity index (χ0n) is 9.72. The molecule has 0 aliphatic heterocycles. The molecule has 0 aliphatic rings. The lowest BCUT2D eigenvalue weighted by Crippen LogP contribution is -2.29. The van der Waals surface area contributed by atoms with Gasteiger partial charge in [0.1, 0.15) is 5.75 Å². The van der Waals surface area contributed by atoms with Crippen LogP contribution in [0.25, 0.3) is 0 Å². The maximum Gasteiger partial charge on any atom is 0.141 e. The van der Waals surface area contributed by atoms with E-state index in [0.717, 1.165) is 0 Å². The van der Waals surface area contributed by atoms with Crippen LogP contribution in [0.15, 0.2) is 6.20 Å². The Kier molecular flexibility index (Phi) is 5.30. The second-order valence-corrected chi connectivity index (χ2v) is 3.82. The Morgan fingerprint density at radius 1 is 1.41 bits per heavy atom. The van der Waals surface area contributed by atoms with Crippen molar-refractivity contribution in [2.75, 3.05) is 13.2 Å². The highest BCUT2D eigenvalue weighted by molar-refractivity contribution is 5.40. The molecule has 1 heterocycles. The van der Waals surface area contributed by atoms with Crippen LogP contribution in [0.1, 0.15) is 16.8 Å². The molecule has 1 aromatic heterocycles. The molecule has 0 bridgehead atoms. The van der Waals surface area contributed by atoms with Gasteiger partial charge in [0.25, 0.3) is 0 Å². The van der Waals surface area contributed by atoms with Crippen molar-refractivity contribution in [1.29, 1.82) is 0 Å². The fraction of sp³-hybridized carbons (Fsp3) is 0.545. The van der Waals surface area contributed by atoms with Crippen molar-refractivity contribution in [2.24, 2.45) is 0 Å². The Bertz CT molecular complexity index is 371. The quantitative estimate of drug-likeness (QED) is 0.439. The molecular formula is C11H18N2O4. The van der Waals surface area contributed by atoms with E-state index in [0.29, 0.717) is 23.4 Å². The molecule has 1 atom stereocenters. The van der Waals surface area contributed by atoms with E-state index in [2.05, 4.69) is 10.3 Å². The second kappa shape index (κ2) is 6.51. The number of pyridine rings is 1. The number of aryl methyl sites for hydroxylation is 1. The molecule has 0 aromatic carbocycles. The Morgan fingerprint density at radius 2 is 2.12 bits per heavy atom. The van der Waals surface area contributed by atoms with Crippen molar-refractivity contribution in [1.82, 2.24) is 10.3 Å². The van der Waals surface area contributed by atoms with Crippen molar-refractivity contribution >= 4 is 0 Å². The van der Waals surface area contributed by atoms with Gasteiger partial charge in [0.2, 0.25) is 0 Å². The number of aliphatic hydroxyl groups excluding tert-OH is 3. The second-order valence-electron chi connectivity index (χ2n) is 3.82. The van der Waals surface area contributed by atoms with Gasteiger partial charge < -0.3 is 25.7 Å². The number of rotatable bonds is 6. The van der Waals surface area contributed by atoms with Crippen LogP contribution in [0.2, 0.25) is 0 Å². The molecule has 0 saturated heterocycles. The molecule has 6 heteroatoms. The van der Waals surface area contributed by atoms with Crippen molar-refractivity contribution < 1.29 is 20.4 Å². The maximum atomic E-state index is 9.81. The highest BCUT2D eigenvalue weighted by Crippen LogP contribution is 2.23. The number of nitrogens with one attached hydrogen (secondary N) is 1. The van der Waals surface area contributed by atoms with Gasteiger partial charge in [-0.1, -0.05) is 0 Å². The van der Waals surface area contributed by atoms with E-state index < -0.39 is 6.10 Å². The summed E-state index contributed by atoms with van der Waals surface area (Å²) in [6, 6.07) is 0. The topological polar surface area (TPSA) is 106 Å². The van der Waals surface area contributed by atoms with Crippen molar-refractivity contribution in [2.45, 2.75) is 26.2 Å². The lowest BCUT2D eigenvalue weighted by Gasteiger charge is -2.13. The summed E-state index contributed by atoms with van der Waals surface area (Å²) in [4.78, 5) is 3.94. The SMILES string of the molecule is Cc1ncc(CO)c(CNCC(O)CO)c1O. The van der Waals surface area contributed by atoms with Gasteiger partial charge in [-0.25, -0.2) is 0 Å². The van der Waals surface area contributed by atoms with E-state index in [1.54, 1.807) is 6.92 Å². The maximum absolute atomic E-state index is 9.81. The van der Waals surface area contributed by atoms with E-state index in [-0.39, 0.29) is 25.5 Å². The molecule has 1 aromatic rings. The molecule has 0 fully saturated rings. The van der Waals surface area contributed by atoms with Gasteiger partial charge in [0.15, 0.2) is 0 Å². The molecule has 1 rings (SSSR count). The standard InChI is InChI=1S/C11H18N2O4/c1-7-11(17)10(8(5-14)2-13-7)4-12-3-9(16)6-15/h2,9,12,14-17H,3-6H2,1H3. The Labute approximate surface area is 99.6 Å². The first-order valence-electron chi connectivity index (χ1n) is 5.37.